The van der Waals surface area contributed by atoms with Crippen molar-refractivity contribution in [1.29, 1.82) is 0 Å². The van der Waals surface area contributed by atoms with E-state index in [1.54, 1.807) is 24.3 Å². The topological polar surface area (TPSA) is 130 Å². The summed E-state index contributed by atoms with van der Waals surface area (Å²) in [4.78, 5) is 48.0. The highest BCUT2D eigenvalue weighted by Crippen LogP contribution is 2.13. The zero-order chi connectivity index (χ0) is 21.5. The van der Waals surface area contributed by atoms with Gasteiger partial charge in [0, 0.05) is 11.9 Å². The summed E-state index contributed by atoms with van der Waals surface area (Å²) in [6.45, 7) is 1.61. The van der Waals surface area contributed by atoms with Crippen LogP contribution in [0, 0.1) is 0 Å². The summed E-state index contributed by atoms with van der Waals surface area (Å²) in [5, 5.41) is 11.8. The van der Waals surface area contributed by atoms with Crippen LogP contribution >= 0.6 is 0 Å². The van der Waals surface area contributed by atoms with E-state index >= 15 is 0 Å². The molecule has 0 aliphatic heterocycles. The van der Waals surface area contributed by atoms with Crippen LogP contribution in [0.1, 0.15) is 18.2 Å². The number of hydrogen-bond donors (Lipinski definition) is 3. The zero-order valence-electron chi connectivity index (χ0n) is 16.2. The van der Waals surface area contributed by atoms with Gasteiger partial charge in [-0.15, -0.1) is 0 Å². The molecule has 0 aliphatic rings. The van der Waals surface area contributed by atoms with E-state index in [2.05, 4.69) is 20.8 Å². The van der Waals surface area contributed by atoms with Crippen LogP contribution in [0.3, 0.4) is 0 Å². The molecule has 0 spiro atoms. The van der Waals surface area contributed by atoms with Crippen LogP contribution in [0.2, 0.25) is 0 Å². The maximum atomic E-state index is 12.2. The lowest BCUT2D eigenvalue weighted by molar-refractivity contribution is -0.153. The summed E-state index contributed by atoms with van der Waals surface area (Å²) in [6.07, 6.45) is -1.43. The molecule has 30 heavy (non-hydrogen) atoms. The third-order valence-corrected chi connectivity index (χ3v) is 4.30. The monoisotopic (exact) mass is 408 g/mol. The van der Waals surface area contributed by atoms with E-state index < -0.39 is 24.0 Å². The number of carbonyl (C=O) groups excluding carboxylic acids is 3. The number of nitrogens with zero attached hydrogens (tertiary/aromatic N) is 1. The van der Waals surface area contributed by atoms with E-state index in [1.807, 2.05) is 30.3 Å². The Bertz CT molecular complexity index is 1130. The molecule has 154 valence electrons. The van der Waals surface area contributed by atoms with Crippen molar-refractivity contribution in [2.75, 3.05) is 0 Å². The highest BCUT2D eigenvalue weighted by atomic mass is 16.5. The Morgan fingerprint density at radius 2 is 1.70 bits per heavy atom. The number of rotatable bonds is 6. The van der Waals surface area contributed by atoms with Gasteiger partial charge in [-0.25, -0.2) is 9.89 Å². The molecular weight excluding hydrogens is 388 g/mol. The van der Waals surface area contributed by atoms with Gasteiger partial charge in [0.25, 0.3) is 11.5 Å². The summed E-state index contributed by atoms with van der Waals surface area (Å²) < 4.78 is 5.10. The lowest BCUT2D eigenvalue weighted by Crippen LogP contribution is -2.44. The van der Waals surface area contributed by atoms with Crippen LogP contribution in [-0.4, -0.2) is 34.2 Å². The van der Waals surface area contributed by atoms with E-state index in [4.69, 9.17) is 4.74 Å². The number of aromatic nitrogens is 2. The van der Waals surface area contributed by atoms with E-state index in [9.17, 15) is 19.2 Å². The van der Waals surface area contributed by atoms with Gasteiger partial charge < -0.3 is 10.1 Å². The number of esters is 1. The van der Waals surface area contributed by atoms with E-state index in [-0.39, 0.29) is 18.5 Å². The highest BCUT2D eigenvalue weighted by Gasteiger charge is 2.21. The van der Waals surface area contributed by atoms with Gasteiger partial charge in [-0.05, 0) is 18.6 Å². The molecule has 1 aromatic heterocycles. The van der Waals surface area contributed by atoms with Crippen molar-refractivity contribution in [3.8, 4) is 0 Å². The van der Waals surface area contributed by atoms with Crippen LogP contribution < -0.4 is 16.2 Å². The van der Waals surface area contributed by atoms with Crippen molar-refractivity contribution in [2.45, 2.75) is 26.0 Å². The van der Waals surface area contributed by atoms with Crippen LogP contribution in [-0.2, 0) is 27.3 Å². The number of benzene rings is 2. The summed E-state index contributed by atoms with van der Waals surface area (Å²) >= 11 is 0. The number of carbonyl (C=O) groups is 3. The number of H-pyrrole nitrogens is 1. The Kier molecular flexibility index (Phi) is 6.53. The van der Waals surface area contributed by atoms with Crippen LogP contribution in [0.4, 0.5) is 4.79 Å². The number of imide groups is 1. The Balaban J connectivity index is 1.53. The first kappa shape index (κ1) is 20.7. The van der Waals surface area contributed by atoms with Gasteiger partial charge in [0.15, 0.2) is 6.10 Å². The first-order chi connectivity index (χ1) is 14.4. The van der Waals surface area contributed by atoms with E-state index in [0.29, 0.717) is 16.5 Å². The van der Waals surface area contributed by atoms with Gasteiger partial charge in [0.05, 0.1) is 17.5 Å². The fourth-order valence-electron chi connectivity index (χ4n) is 2.77. The maximum Gasteiger partial charge on any atom is 0.321 e. The van der Waals surface area contributed by atoms with Crippen LogP contribution in [0.5, 0.6) is 0 Å². The third-order valence-electron chi connectivity index (χ3n) is 4.30. The van der Waals surface area contributed by atoms with Crippen LogP contribution in [0.15, 0.2) is 59.4 Å². The number of amides is 3. The van der Waals surface area contributed by atoms with E-state index in [0.717, 1.165) is 5.56 Å². The Hall–Kier alpha value is -4.01. The predicted molar refractivity (Wildman–Crippen MR) is 108 cm³/mol. The standard InChI is InChI=1S/C21H20N4O5/c1-13(19(27)23-21(29)22-12-14-7-3-2-4-8-14)30-18(26)11-17-15-9-5-6-10-16(15)20(28)25-24-17/h2-10,13H,11-12H2,1H3,(H,25,28)(H2,22,23,27,29)/t13-/m0/s1. The van der Waals surface area contributed by atoms with Crippen LogP contribution in [0.25, 0.3) is 10.8 Å². The number of fused-ring (bicyclic) bond motifs is 1. The molecule has 2 aromatic carbocycles. The van der Waals surface area contributed by atoms with Gasteiger partial charge in [-0.3, -0.25) is 19.7 Å². The summed E-state index contributed by atoms with van der Waals surface area (Å²) in [7, 11) is 0. The van der Waals surface area contributed by atoms with Gasteiger partial charge in [-0.1, -0.05) is 48.5 Å². The van der Waals surface area contributed by atoms with Crippen molar-refractivity contribution in [1.82, 2.24) is 20.8 Å². The Morgan fingerprint density at radius 3 is 2.43 bits per heavy atom. The number of urea groups is 1. The molecule has 1 heterocycles. The summed E-state index contributed by atoms with van der Waals surface area (Å²) in [5.74, 6) is -1.47. The molecule has 3 amide bonds. The molecule has 0 unspecified atom stereocenters. The predicted octanol–water partition coefficient (Wildman–Crippen LogP) is 1.42. The van der Waals surface area contributed by atoms with Gasteiger partial charge in [-0.2, -0.15) is 5.10 Å². The van der Waals surface area contributed by atoms with Crippen molar-refractivity contribution >= 4 is 28.7 Å². The fourth-order valence-corrected chi connectivity index (χ4v) is 2.77. The number of hydrogen-bond acceptors (Lipinski definition) is 6. The highest BCUT2D eigenvalue weighted by molar-refractivity contribution is 5.97. The van der Waals surface area contributed by atoms with Crippen molar-refractivity contribution in [3.63, 3.8) is 0 Å². The second-order valence-electron chi connectivity index (χ2n) is 6.51. The first-order valence-corrected chi connectivity index (χ1v) is 9.22. The fraction of sp³-hybridized carbons (Fsp3) is 0.190. The minimum absolute atomic E-state index is 0.241. The normalized spacial score (nSPS) is 11.5. The van der Waals surface area contributed by atoms with E-state index in [1.165, 1.54) is 6.92 Å². The minimum Gasteiger partial charge on any atom is -0.452 e. The SMILES string of the molecule is C[C@H](OC(=O)Cc1n[nH]c(=O)c2ccccc12)C(=O)NC(=O)NCc1ccccc1. The lowest BCUT2D eigenvalue weighted by Gasteiger charge is -2.13. The molecule has 0 saturated heterocycles. The molecule has 3 aromatic rings. The quantitative estimate of drug-likeness (QED) is 0.529. The minimum atomic E-state index is -1.19. The van der Waals surface area contributed by atoms with Gasteiger partial charge >= 0.3 is 12.0 Å². The second kappa shape index (κ2) is 9.46. The summed E-state index contributed by atoms with van der Waals surface area (Å²) in [5.41, 5.74) is 0.834. The Labute approximate surface area is 171 Å². The molecule has 3 rings (SSSR count). The van der Waals surface area contributed by atoms with Crippen molar-refractivity contribution in [2.24, 2.45) is 0 Å². The first-order valence-electron chi connectivity index (χ1n) is 9.22. The second-order valence-corrected chi connectivity index (χ2v) is 6.51. The maximum absolute atomic E-state index is 12.2. The molecule has 9 heteroatoms. The average molecular weight is 408 g/mol. The molecular formula is C21H20N4O5. The molecule has 0 saturated carbocycles. The number of aromatic amines is 1. The molecule has 1 atom stereocenters. The number of ether oxygens (including phenoxy) is 1. The van der Waals surface area contributed by atoms with Gasteiger partial charge in [0.1, 0.15) is 0 Å². The lowest BCUT2D eigenvalue weighted by atomic mass is 10.1. The molecule has 0 radical (unpaired) electrons. The molecule has 3 N–H and O–H groups in total. The molecule has 9 nitrogen and oxygen atoms in total. The zero-order valence-corrected chi connectivity index (χ0v) is 16.2. The van der Waals surface area contributed by atoms with Gasteiger partial charge in [0.2, 0.25) is 0 Å². The summed E-state index contributed by atoms with van der Waals surface area (Å²) in [6, 6.07) is 15.2. The molecule has 0 bridgehead atoms. The average Bonchev–Trinajstić information content (AvgIpc) is 2.75. The number of nitrogens with one attached hydrogen (secondary N) is 3. The molecule has 0 aliphatic carbocycles. The Morgan fingerprint density at radius 1 is 1.03 bits per heavy atom. The molecule has 0 fully saturated rings. The third kappa shape index (κ3) is 5.28. The van der Waals surface area contributed by atoms with Crippen molar-refractivity contribution in [3.05, 3.63) is 76.2 Å². The smallest absolute Gasteiger partial charge is 0.321 e. The largest absolute Gasteiger partial charge is 0.452 e. The van der Waals surface area contributed by atoms with Crippen molar-refractivity contribution < 1.29 is 19.1 Å².